The maximum Gasteiger partial charge on any atom is 0.337 e. The molecular formula is C23H21ClN4O3. The molecule has 1 heterocycles. The number of aryl methyl sites for hydroxylation is 1. The molecule has 0 aliphatic heterocycles. The summed E-state index contributed by atoms with van der Waals surface area (Å²) >= 11 is 6.32. The molecule has 158 valence electrons. The molecule has 31 heavy (non-hydrogen) atoms. The molecule has 0 aliphatic carbocycles. The summed E-state index contributed by atoms with van der Waals surface area (Å²) in [6.45, 7) is 2.24. The number of ether oxygens (including phenoxy) is 1. The Bertz CT molecular complexity index is 1100. The van der Waals surface area contributed by atoms with Crippen LogP contribution in [0.4, 0.5) is 5.69 Å². The van der Waals surface area contributed by atoms with Gasteiger partial charge in [-0.1, -0.05) is 23.7 Å². The molecule has 2 aromatic carbocycles. The molecular weight excluding hydrogens is 416 g/mol. The monoisotopic (exact) mass is 436 g/mol. The standard InChI is InChI=1S/C23H21ClN4O3/c1-15-5-10-20(19(24)12-15)27-23(26-14-16-4-3-11-25-13-16)28-21(29)17-6-8-18(9-7-17)22(30)31-2/h3-13H,14H2,1-2H3,(H2,26,27,28,29). The minimum Gasteiger partial charge on any atom is -0.465 e. The van der Waals surface area contributed by atoms with E-state index in [1.165, 1.54) is 19.2 Å². The number of nitrogens with one attached hydrogen (secondary N) is 2. The summed E-state index contributed by atoms with van der Waals surface area (Å²) in [4.78, 5) is 32.9. The van der Waals surface area contributed by atoms with Crippen LogP contribution in [0.2, 0.25) is 5.02 Å². The van der Waals surface area contributed by atoms with Crippen molar-refractivity contribution in [3.63, 3.8) is 0 Å². The van der Waals surface area contributed by atoms with E-state index in [9.17, 15) is 9.59 Å². The van der Waals surface area contributed by atoms with Crippen LogP contribution in [-0.2, 0) is 11.3 Å². The van der Waals surface area contributed by atoms with E-state index < -0.39 is 11.9 Å². The molecule has 0 radical (unpaired) electrons. The molecule has 2 N–H and O–H groups in total. The van der Waals surface area contributed by atoms with E-state index in [4.69, 9.17) is 11.6 Å². The SMILES string of the molecule is COC(=O)c1ccc(C(=O)NC(=NCc2cccnc2)Nc2ccc(C)cc2Cl)cc1. The van der Waals surface area contributed by atoms with Crippen LogP contribution in [0.15, 0.2) is 72.0 Å². The number of aliphatic imine (C=N–C) groups is 1. The predicted molar refractivity (Wildman–Crippen MR) is 120 cm³/mol. The van der Waals surface area contributed by atoms with Crippen molar-refractivity contribution < 1.29 is 14.3 Å². The Hall–Kier alpha value is -3.71. The summed E-state index contributed by atoms with van der Waals surface area (Å²) in [6, 6.07) is 15.4. The molecule has 7 nitrogen and oxygen atoms in total. The number of nitrogens with zero attached hydrogens (tertiary/aromatic N) is 2. The molecule has 0 aliphatic rings. The van der Waals surface area contributed by atoms with Crippen LogP contribution >= 0.6 is 11.6 Å². The van der Waals surface area contributed by atoms with Crippen LogP contribution < -0.4 is 10.6 Å². The van der Waals surface area contributed by atoms with Gasteiger partial charge in [-0.05, 0) is 60.5 Å². The van der Waals surface area contributed by atoms with Crippen molar-refractivity contribution in [1.82, 2.24) is 10.3 Å². The molecule has 1 amide bonds. The number of benzene rings is 2. The lowest BCUT2D eigenvalue weighted by Crippen LogP contribution is -2.36. The first-order valence-corrected chi connectivity index (χ1v) is 9.80. The molecule has 1 aromatic heterocycles. The number of hydrogen-bond acceptors (Lipinski definition) is 5. The lowest BCUT2D eigenvalue weighted by atomic mass is 10.1. The highest BCUT2D eigenvalue weighted by Crippen LogP contribution is 2.22. The Morgan fingerprint density at radius 1 is 1.10 bits per heavy atom. The number of carbonyl (C=O) groups is 2. The van der Waals surface area contributed by atoms with Crippen molar-refractivity contribution in [3.8, 4) is 0 Å². The second-order valence-electron chi connectivity index (χ2n) is 6.66. The first-order chi connectivity index (χ1) is 15.0. The summed E-state index contributed by atoms with van der Waals surface area (Å²) in [7, 11) is 1.30. The van der Waals surface area contributed by atoms with E-state index in [0.717, 1.165) is 11.1 Å². The predicted octanol–water partition coefficient (Wildman–Crippen LogP) is 4.23. The number of methoxy groups -OCH3 is 1. The fraction of sp³-hybridized carbons (Fsp3) is 0.130. The number of guanidine groups is 1. The quantitative estimate of drug-likeness (QED) is 0.354. The highest BCUT2D eigenvalue weighted by molar-refractivity contribution is 6.34. The molecule has 8 heteroatoms. The van der Waals surface area contributed by atoms with E-state index in [2.05, 4.69) is 25.3 Å². The Morgan fingerprint density at radius 2 is 1.84 bits per heavy atom. The summed E-state index contributed by atoms with van der Waals surface area (Å²) < 4.78 is 4.67. The van der Waals surface area contributed by atoms with Crippen LogP contribution in [0.1, 0.15) is 31.8 Å². The van der Waals surface area contributed by atoms with Crippen molar-refractivity contribution in [2.24, 2.45) is 4.99 Å². The van der Waals surface area contributed by atoms with E-state index in [0.29, 0.717) is 28.4 Å². The van der Waals surface area contributed by atoms with Gasteiger partial charge in [0.1, 0.15) is 0 Å². The Kier molecular flexibility index (Phi) is 7.35. The van der Waals surface area contributed by atoms with Crippen LogP contribution in [0.3, 0.4) is 0 Å². The summed E-state index contributed by atoms with van der Waals surface area (Å²) in [5.74, 6) is -0.630. The Labute approximate surface area is 185 Å². The van der Waals surface area contributed by atoms with Gasteiger partial charge >= 0.3 is 5.97 Å². The summed E-state index contributed by atoms with van der Waals surface area (Å²) in [5, 5.41) is 6.34. The van der Waals surface area contributed by atoms with Gasteiger partial charge < -0.3 is 10.1 Å². The topological polar surface area (TPSA) is 92.7 Å². The van der Waals surface area contributed by atoms with Gasteiger partial charge in [0.2, 0.25) is 5.96 Å². The zero-order valence-electron chi connectivity index (χ0n) is 17.1. The number of aromatic nitrogens is 1. The number of rotatable bonds is 5. The fourth-order valence-electron chi connectivity index (χ4n) is 2.68. The molecule has 3 rings (SSSR count). The van der Waals surface area contributed by atoms with Crippen molar-refractivity contribution >= 4 is 35.1 Å². The van der Waals surface area contributed by atoms with E-state index in [1.54, 1.807) is 24.5 Å². The van der Waals surface area contributed by atoms with Gasteiger partial charge in [-0.15, -0.1) is 0 Å². The zero-order valence-corrected chi connectivity index (χ0v) is 17.8. The highest BCUT2D eigenvalue weighted by Gasteiger charge is 2.12. The third-order valence-corrected chi connectivity index (χ3v) is 4.63. The zero-order chi connectivity index (χ0) is 22.2. The van der Waals surface area contributed by atoms with E-state index in [1.807, 2.05) is 37.3 Å². The molecule has 0 saturated heterocycles. The number of esters is 1. The molecule has 0 unspecified atom stereocenters. The molecule has 0 fully saturated rings. The van der Waals surface area contributed by atoms with E-state index in [-0.39, 0.29) is 5.96 Å². The first kappa shape index (κ1) is 22.0. The molecule has 0 atom stereocenters. The molecule has 3 aromatic rings. The largest absolute Gasteiger partial charge is 0.465 e. The van der Waals surface area contributed by atoms with Crippen molar-refractivity contribution in [2.45, 2.75) is 13.5 Å². The van der Waals surface area contributed by atoms with Gasteiger partial charge in [-0.25, -0.2) is 9.79 Å². The number of anilines is 1. The Morgan fingerprint density at radius 3 is 2.48 bits per heavy atom. The van der Waals surface area contributed by atoms with Gasteiger partial charge in [0.25, 0.3) is 5.91 Å². The lowest BCUT2D eigenvalue weighted by molar-refractivity contribution is 0.0600. The number of halogens is 1. The minimum absolute atomic E-state index is 0.233. The molecule has 0 bridgehead atoms. The van der Waals surface area contributed by atoms with E-state index >= 15 is 0 Å². The average Bonchev–Trinajstić information content (AvgIpc) is 2.79. The first-order valence-electron chi connectivity index (χ1n) is 9.42. The van der Waals surface area contributed by atoms with Crippen molar-refractivity contribution in [2.75, 3.05) is 12.4 Å². The average molecular weight is 437 g/mol. The second kappa shape index (κ2) is 10.4. The molecule has 0 spiro atoms. The number of amides is 1. The normalized spacial score (nSPS) is 11.0. The second-order valence-corrected chi connectivity index (χ2v) is 7.06. The highest BCUT2D eigenvalue weighted by atomic mass is 35.5. The van der Waals surface area contributed by atoms with Crippen LogP contribution in [0.25, 0.3) is 0 Å². The smallest absolute Gasteiger partial charge is 0.337 e. The van der Waals surface area contributed by atoms with Crippen molar-refractivity contribution in [3.05, 3.63) is 94.3 Å². The van der Waals surface area contributed by atoms with Crippen molar-refractivity contribution in [1.29, 1.82) is 0 Å². The van der Waals surface area contributed by atoms with Gasteiger partial charge in [0.05, 0.1) is 29.9 Å². The molecule has 0 saturated carbocycles. The third kappa shape index (κ3) is 6.13. The van der Waals surface area contributed by atoms with Gasteiger partial charge in [-0.2, -0.15) is 0 Å². The van der Waals surface area contributed by atoms with Crippen LogP contribution in [0, 0.1) is 6.92 Å². The van der Waals surface area contributed by atoms with Crippen LogP contribution in [0.5, 0.6) is 0 Å². The van der Waals surface area contributed by atoms with Gasteiger partial charge in [-0.3, -0.25) is 15.1 Å². The van der Waals surface area contributed by atoms with Gasteiger partial charge in [0, 0.05) is 18.0 Å². The number of hydrogen-bond donors (Lipinski definition) is 2. The third-order valence-electron chi connectivity index (χ3n) is 4.32. The van der Waals surface area contributed by atoms with Crippen LogP contribution in [-0.4, -0.2) is 29.9 Å². The van der Waals surface area contributed by atoms with Gasteiger partial charge in [0.15, 0.2) is 0 Å². The number of pyridine rings is 1. The Balaban J connectivity index is 1.81. The maximum atomic E-state index is 12.8. The number of carbonyl (C=O) groups excluding carboxylic acids is 2. The fourth-order valence-corrected chi connectivity index (χ4v) is 2.96. The minimum atomic E-state index is -0.471. The summed E-state index contributed by atoms with van der Waals surface area (Å²) in [5.41, 5.74) is 3.22. The summed E-state index contributed by atoms with van der Waals surface area (Å²) in [6.07, 6.45) is 3.38. The maximum absolute atomic E-state index is 12.8. The lowest BCUT2D eigenvalue weighted by Gasteiger charge is -2.13.